The summed E-state index contributed by atoms with van der Waals surface area (Å²) in [5.41, 5.74) is 0.221. The SMILES string of the molecule is N#CC1(C#N)[C@H](c2cccc([N+](=O)[O-])c2)[C@@H](C(=O)c2ccccc2)N2c3cccnc3C=C[C@@H]21. The number of ketones is 1. The fraction of sp³-hybridized carbons (Fsp3) is 0.154. The van der Waals surface area contributed by atoms with Crippen LogP contribution in [0.1, 0.15) is 27.5 Å². The lowest BCUT2D eigenvalue weighted by Gasteiger charge is -2.34. The van der Waals surface area contributed by atoms with Crippen molar-refractivity contribution in [1.29, 1.82) is 10.5 Å². The van der Waals surface area contributed by atoms with Crippen molar-refractivity contribution in [2.45, 2.75) is 18.0 Å². The van der Waals surface area contributed by atoms with Gasteiger partial charge in [0.1, 0.15) is 6.04 Å². The van der Waals surface area contributed by atoms with Crippen LogP contribution in [0.2, 0.25) is 0 Å². The standard InChI is InChI=1S/C26H17N5O3/c27-15-26(16-28)22-12-11-20-21(10-5-13-29-20)30(22)24(25(32)17-6-2-1-3-7-17)23(26)18-8-4-9-19(14-18)31(33)34/h1-14,22-24H/t22-,23-,24+/m1/s1. The molecule has 0 bridgehead atoms. The maximum Gasteiger partial charge on any atom is 0.269 e. The van der Waals surface area contributed by atoms with Crippen LogP contribution in [-0.4, -0.2) is 27.8 Å². The molecule has 0 spiro atoms. The Morgan fingerprint density at radius 1 is 1.06 bits per heavy atom. The molecule has 0 unspecified atom stereocenters. The van der Waals surface area contributed by atoms with Crippen LogP contribution in [0.3, 0.4) is 0 Å². The third-order valence-corrected chi connectivity index (χ3v) is 6.54. The lowest BCUT2D eigenvalue weighted by Crippen LogP contribution is -2.44. The molecule has 34 heavy (non-hydrogen) atoms. The van der Waals surface area contributed by atoms with Gasteiger partial charge in [-0.3, -0.25) is 19.9 Å². The molecular formula is C26H17N5O3. The number of hydrogen-bond donors (Lipinski definition) is 0. The third kappa shape index (κ3) is 2.97. The maximum absolute atomic E-state index is 14.0. The topological polar surface area (TPSA) is 124 Å². The Labute approximate surface area is 195 Å². The molecule has 1 saturated heterocycles. The van der Waals surface area contributed by atoms with Crippen LogP contribution in [0.25, 0.3) is 6.08 Å². The molecule has 3 aromatic rings. The highest BCUT2D eigenvalue weighted by Crippen LogP contribution is 2.55. The van der Waals surface area contributed by atoms with Crippen LogP contribution in [0.4, 0.5) is 11.4 Å². The molecule has 0 amide bonds. The molecule has 2 aromatic carbocycles. The predicted octanol–water partition coefficient (Wildman–Crippen LogP) is 4.27. The number of nitro groups is 1. The first-order valence-corrected chi connectivity index (χ1v) is 10.6. The summed E-state index contributed by atoms with van der Waals surface area (Å²) in [6.45, 7) is 0. The summed E-state index contributed by atoms with van der Waals surface area (Å²) < 4.78 is 0. The highest BCUT2D eigenvalue weighted by atomic mass is 16.6. The van der Waals surface area contributed by atoms with E-state index in [9.17, 15) is 25.4 Å². The minimum Gasteiger partial charge on any atom is -0.349 e. The van der Waals surface area contributed by atoms with Crippen molar-refractivity contribution in [2.24, 2.45) is 5.41 Å². The average molecular weight is 447 g/mol. The van der Waals surface area contributed by atoms with Crippen molar-refractivity contribution >= 4 is 23.2 Å². The van der Waals surface area contributed by atoms with Gasteiger partial charge in [-0.15, -0.1) is 0 Å². The number of aromatic nitrogens is 1. The summed E-state index contributed by atoms with van der Waals surface area (Å²) >= 11 is 0. The van der Waals surface area contributed by atoms with Gasteiger partial charge in [0.2, 0.25) is 0 Å². The van der Waals surface area contributed by atoms with Crippen molar-refractivity contribution in [1.82, 2.24) is 4.98 Å². The second kappa shape index (κ2) is 7.95. The number of anilines is 1. The molecule has 8 nitrogen and oxygen atoms in total. The molecular weight excluding hydrogens is 430 g/mol. The molecule has 8 heteroatoms. The summed E-state index contributed by atoms with van der Waals surface area (Å²) in [6.07, 6.45) is 5.11. The number of hydrogen-bond acceptors (Lipinski definition) is 7. The zero-order chi connectivity index (χ0) is 23.9. The molecule has 2 aliphatic rings. The number of rotatable bonds is 4. The van der Waals surface area contributed by atoms with Gasteiger partial charge >= 0.3 is 0 Å². The van der Waals surface area contributed by atoms with Gasteiger partial charge in [-0.2, -0.15) is 10.5 Å². The van der Waals surface area contributed by atoms with Gasteiger partial charge in [0, 0.05) is 29.8 Å². The Bertz CT molecular complexity index is 1410. The van der Waals surface area contributed by atoms with Crippen molar-refractivity contribution < 1.29 is 9.72 Å². The summed E-state index contributed by atoms with van der Waals surface area (Å²) in [5.74, 6) is -1.23. The van der Waals surface area contributed by atoms with E-state index in [1.165, 1.54) is 18.2 Å². The number of Topliss-reactive ketones (excluding diaryl/α,β-unsaturated/α-hetero) is 1. The first kappa shape index (κ1) is 21.0. The van der Waals surface area contributed by atoms with E-state index >= 15 is 0 Å². The van der Waals surface area contributed by atoms with E-state index in [2.05, 4.69) is 17.1 Å². The number of nitriles is 2. The fourth-order valence-electron chi connectivity index (χ4n) is 5.09. The number of benzene rings is 2. The van der Waals surface area contributed by atoms with Gasteiger partial charge in [-0.25, -0.2) is 0 Å². The molecule has 0 radical (unpaired) electrons. The number of pyridine rings is 1. The second-order valence-corrected chi connectivity index (χ2v) is 8.22. The van der Waals surface area contributed by atoms with Crippen LogP contribution in [0.15, 0.2) is 79.0 Å². The molecule has 3 heterocycles. The van der Waals surface area contributed by atoms with Crippen LogP contribution in [0, 0.1) is 38.2 Å². The molecule has 1 aromatic heterocycles. The van der Waals surface area contributed by atoms with Crippen molar-refractivity contribution in [3.63, 3.8) is 0 Å². The maximum atomic E-state index is 14.0. The van der Waals surface area contributed by atoms with Crippen molar-refractivity contribution in [2.75, 3.05) is 4.90 Å². The Kier molecular flexibility index (Phi) is 4.92. The van der Waals surface area contributed by atoms with Crippen LogP contribution in [-0.2, 0) is 0 Å². The van der Waals surface area contributed by atoms with Gasteiger partial charge in [0.25, 0.3) is 5.69 Å². The van der Waals surface area contributed by atoms with E-state index < -0.39 is 28.3 Å². The third-order valence-electron chi connectivity index (χ3n) is 6.54. The quantitative estimate of drug-likeness (QED) is 0.332. The second-order valence-electron chi connectivity index (χ2n) is 8.22. The molecule has 0 saturated carbocycles. The summed E-state index contributed by atoms with van der Waals surface area (Å²) in [7, 11) is 0. The Morgan fingerprint density at radius 3 is 2.53 bits per heavy atom. The smallest absolute Gasteiger partial charge is 0.269 e. The van der Waals surface area contributed by atoms with Gasteiger partial charge in [0.15, 0.2) is 11.2 Å². The lowest BCUT2D eigenvalue weighted by molar-refractivity contribution is -0.384. The highest BCUT2D eigenvalue weighted by molar-refractivity contribution is 6.04. The van der Waals surface area contributed by atoms with Gasteiger partial charge in [-0.1, -0.05) is 48.5 Å². The first-order valence-electron chi connectivity index (χ1n) is 10.6. The number of non-ortho nitro benzene ring substituents is 1. The Morgan fingerprint density at radius 2 is 1.82 bits per heavy atom. The molecule has 2 aliphatic heterocycles. The van der Waals surface area contributed by atoms with E-state index in [0.29, 0.717) is 22.5 Å². The number of carbonyl (C=O) groups excluding carboxylic acids is 1. The van der Waals surface area contributed by atoms with Crippen LogP contribution >= 0.6 is 0 Å². The summed E-state index contributed by atoms with van der Waals surface area (Å²) in [6, 6.07) is 20.7. The van der Waals surface area contributed by atoms with E-state index in [4.69, 9.17) is 0 Å². The lowest BCUT2D eigenvalue weighted by atomic mass is 9.69. The van der Waals surface area contributed by atoms with E-state index in [-0.39, 0.29) is 11.5 Å². The summed E-state index contributed by atoms with van der Waals surface area (Å²) in [5, 5.41) is 32.3. The molecule has 0 N–H and O–H groups in total. The fourth-order valence-corrected chi connectivity index (χ4v) is 5.09. The normalized spacial score (nSPS) is 21.6. The minimum atomic E-state index is -1.67. The predicted molar refractivity (Wildman–Crippen MR) is 124 cm³/mol. The van der Waals surface area contributed by atoms with Crippen LogP contribution < -0.4 is 4.90 Å². The van der Waals surface area contributed by atoms with E-state index in [1.807, 2.05) is 0 Å². The Hall–Kier alpha value is -4.82. The summed E-state index contributed by atoms with van der Waals surface area (Å²) in [4.78, 5) is 31.1. The number of nitro benzene ring substituents is 1. The highest BCUT2D eigenvalue weighted by Gasteiger charge is 2.63. The monoisotopic (exact) mass is 447 g/mol. The Balaban J connectivity index is 1.80. The zero-order valence-electron chi connectivity index (χ0n) is 17.8. The zero-order valence-corrected chi connectivity index (χ0v) is 17.8. The average Bonchev–Trinajstić information content (AvgIpc) is 3.20. The molecule has 3 atom stereocenters. The van der Waals surface area contributed by atoms with Gasteiger partial charge in [-0.05, 0) is 23.8 Å². The van der Waals surface area contributed by atoms with Crippen molar-refractivity contribution in [3.05, 3.63) is 106 Å². The molecule has 164 valence electrons. The minimum absolute atomic E-state index is 0.171. The number of carbonyl (C=O) groups is 1. The van der Waals surface area contributed by atoms with Crippen molar-refractivity contribution in [3.8, 4) is 12.1 Å². The van der Waals surface area contributed by atoms with Gasteiger partial charge in [0.05, 0.1) is 34.5 Å². The molecule has 1 fully saturated rings. The number of fused-ring (bicyclic) bond motifs is 3. The number of nitrogens with zero attached hydrogens (tertiary/aromatic N) is 5. The van der Waals surface area contributed by atoms with E-state index in [0.717, 1.165) is 0 Å². The van der Waals surface area contributed by atoms with E-state index in [1.54, 1.807) is 71.8 Å². The van der Waals surface area contributed by atoms with Gasteiger partial charge < -0.3 is 4.90 Å². The van der Waals surface area contributed by atoms with Crippen LogP contribution in [0.5, 0.6) is 0 Å². The largest absolute Gasteiger partial charge is 0.349 e. The molecule has 5 rings (SSSR count). The molecule has 0 aliphatic carbocycles. The first-order chi connectivity index (χ1) is 16.5.